The lowest BCUT2D eigenvalue weighted by molar-refractivity contribution is -0.116. The first kappa shape index (κ1) is 17.9. The first-order valence-corrected chi connectivity index (χ1v) is 7.93. The van der Waals surface area contributed by atoms with E-state index in [2.05, 4.69) is 10.6 Å². The van der Waals surface area contributed by atoms with Gasteiger partial charge in [-0.1, -0.05) is 11.6 Å². The molecule has 0 fully saturated rings. The fraction of sp³-hybridized carbons (Fsp3) is 0.294. The molecule has 2 rings (SSSR count). The number of hydrogen-bond acceptors (Lipinski definition) is 4. The van der Waals surface area contributed by atoms with Gasteiger partial charge < -0.3 is 20.0 Å². The van der Waals surface area contributed by atoms with Crippen LogP contribution in [0.15, 0.2) is 41.0 Å². The fourth-order valence-electron chi connectivity index (χ4n) is 2.16. The number of furan rings is 1. The van der Waals surface area contributed by atoms with Crippen molar-refractivity contribution >= 4 is 34.8 Å². The maximum atomic E-state index is 12.1. The van der Waals surface area contributed by atoms with Crippen LogP contribution in [0.4, 0.5) is 11.4 Å². The molecule has 0 aliphatic rings. The van der Waals surface area contributed by atoms with Gasteiger partial charge in [-0.3, -0.25) is 9.59 Å². The minimum Gasteiger partial charge on any atom is -0.459 e. The van der Waals surface area contributed by atoms with E-state index in [1.54, 1.807) is 24.3 Å². The Morgan fingerprint density at radius 2 is 2.04 bits per heavy atom. The van der Waals surface area contributed by atoms with Crippen LogP contribution in [0.1, 0.15) is 23.4 Å². The first-order chi connectivity index (χ1) is 11.5. The van der Waals surface area contributed by atoms with Crippen LogP contribution in [0, 0.1) is 0 Å². The van der Waals surface area contributed by atoms with Gasteiger partial charge in [-0.05, 0) is 36.8 Å². The number of carbonyl (C=O) groups is 2. The third-order valence-corrected chi connectivity index (χ3v) is 3.56. The molecule has 2 amide bonds. The summed E-state index contributed by atoms with van der Waals surface area (Å²) in [5, 5.41) is 6.11. The third-order valence-electron chi connectivity index (χ3n) is 3.33. The van der Waals surface area contributed by atoms with Crippen molar-refractivity contribution in [3.05, 3.63) is 47.4 Å². The molecule has 0 atom stereocenters. The molecule has 1 heterocycles. The zero-order valence-corrected chi connectivity index (χ0v) is 14.4. The van der Waals surface area contributed by atoms with E-state index >= 15 is 0 Å². The van der Waals surface area contributed by atoms with Crippen molar-refractivity contribution in [2.75, 3.05) is 30.9 Å². The van der Waals surface area contributed by atoms with Gasteiger partial charge in [-0.25, -0.2) is 0 Å². The summed E-state index contributed by atoms with van der Waals surface area (Å²) in [6, 6.07) is 8.57. The van der Waals surface area contributed by atoms with Crippen LogP contribution in [-0.2, 0) is 4.79 Å². The summed E-state index contributed by atoms with van der Waals surface area (Å²) < 4.78 is 4.99. The molecule has 0 aliphatic carbocycles. The van der Waals surface area contributed by atoms with Crippen LogP contribution in [0.2, 0.25) is 5.02 Å². The molecular weight excluding hydrogens is 330 g/mol. The summed E-state index contributed by atoms with van der Waals surface area (Å²) in [4.78, 5) is 25.6. The predicted octanol–water partition coefficient (Wildman–Crippen LogP) is 3.15. The zero-order valence-electron chi connectivity index (χ0n) is 13.6. The first-order valence-electron chi connectivity index (χ1n) is 7.56. The van der Waals surface area contributed by atoms with Gasteiger partial charge in [0.15, 0.2) is 5.76 Å². The zero-order chi connectivity index (χ0) is 17.5. The lowest BCUT2D eigenvalue weighted by atomic mass is 10.2. The molecule has 0 saturated carbocycles. The highest BCUT2D eigenvalue weighted by Gasteiger charge is 2.10. The highest BCUT2D eigenvalue weighted by atomic mass is 35.5. The van der Waals surface area contributed by atoms with Gasteiger partial charge >= 0.3 is 0 Å². The molecule has 0 unspecified atom stereocenters. The van der Waals surface area contributed by atoms with E-state index < -0.39 is 0 Å². The van der Waals surface area contributed by atoms with Crippen molar-refractivity contribution in [1.29, 1.82) is 0 Å². The third kappa shape index (κ3) is 5.03. The van der Waals surface area contributed by atoms with Gasteiger partial charge in [0.2, 0.25) is 5.91 Å². The Kier molecular flexibility index (Phi) is 6.26. The largest absolute Gasteiger partial charge is 0.459 e. The summed E-state index contributed by atoms with van der Waals surface area (Å²) in [5.41, 5.74) is 1.54. The molecule has 1 aromatic heterocycles. The highest BCUT2D eigenvalue weighted by molar-refractivity contribution is 6.31. The molecule has 2 aromatic rings. The maximum absolute atomic E-state index is 12.1. The molecule has 0 aliphatic heterocycles. The van der Waals surface area contributed by atoms with Crippen molar-refractivity contribution in [2.24, 2.45) is 0 Å². The van der Waals surface area contributed by atoms with E-state index in [1.165, 1.54) is 6.26 Å². The Bertz CT molecular complexity index is 699. The highest BCUT2D eigenvalue weighted by Crippen LogP contribution is 2.27. The standard InChI is InChI=1S/C17H20ClN3O3/c1-21(2)14-8-7-12(18)11-13(14)20-16(22)6-3-9-19-17(23)15-5-4-10-24-15/h4-5,7-8,10-11H,3,6,9H2,1-2H3,(H,19,23)(H,20,22). The van der Waals surface area contributed by atoms with Crippen LogP contribution in [-0.4, -0.2) is 32.5 Å². The van der Waals surface area contributed by atoms with E-state index in [0.29, 0.717) is 23.7 Å². The van der Waals surface area contributed by atoms with Crippen molar-refractivity contribution in [1.82, 2.24) is 5.32 Å². The van der Waals surface area contributed by atoms with Gasteiger partial charge in [-0.15, -0.1) is 0 Å². The average Bonchev–Trinajstić information content (AvgIpc) is 3.05. The van der Waals surface area contributed by atoms with E-state index in [0.717, 1.165) is 5.69 Å². The number of halogens is 1. The van der Waals surface area contributed by atoms with Crippen LogP contribution in [0.25, 0.3) is 0 Å². The van der Waals surface area contributed by atoms with Gasteiger partial charge in [0.25, 0.3) is 5.91 Å². The maximum Gasteiger partial charge on any atom is 0.286 e. The molecule has 0 radical (unpaired) electrons. The van der Waals surface area contributed by atoms with E-state index in [-0.39, 0.29) is 24.0 Å². The molecule has 0 bridgehead atoms. The molecule has 24 heavy (non-hydrogen) atoms. The quantitative estimate of drug-likeness (QED) is 0.753. The molecule has 0 spiro atoms. The van der Waals surface area contributed by atoms with E-state index in [1.807, 2.05) is 25.1 Å². The summed E-state index contributed by atoms with van der Waals surface area (Å²) in [5.74, 6) is -0.160. The molecule has 2 N–H and O–H groups in total. The van der Waals surface area contributed by atoms with Crippen LogP contribution in [0.3, 0.4) is 0 Å². The fourth-order valence-corrected chi connectivity index (χ4v) is 2.33. The van der Waals surface area contributed by atoms with Gasteiger partial charge in [0.1, 0.15) is 0 Å². The number of hydrogen-bond donors (Lipinski definition) is 2. The predicted molar refractivity (Wildman–Crippen MR) is 94.7 cm³/mol. The van der Waals surface area contributed by atoms with Crippen LogP contribution >= 0.6 is 11.6 Å². The number of benzene rings is 1. The topological polar surface area (TPSA) is 74.6 Å². The molecule has 1 aromatic carbocycles. The van der Waals surface area contributed by atoms with Gasteiger partial charge in [0.05, 0.1) is 17.6 Å². The summed E-state index contributed by atoms with van der Waals surface area (Å²) >= 11 is 5.99. The summed E-state index contributed by atoms with van der Waals surface area (Å²) in [7, 11) is 3.78. The van der Waals surface area contributed by atoms with Gasteiger partial charge in [0, 0.05) is 32.1 Å². The van der Waals surface area contributed by atoms with Crippen molar-refractivity contribution in [2.45, 2.75) is 12.8 Å². The van der Waals surface area contributed by atoms with Crippen LogP contribution < -0.4 is 15.5 Å². The van der Waals surface area contributed by atoms with Crippen molar-refractivity contribution < 1.29 is 14.0 Å². The second-order valence-electron chi connectivity index (χ2n) is 5.44. The van der Waals surface area contributed by atoms with Crippen LogP contribution in [0.5, 0.6) is 0 Å². The SMILES string of the molecule is CN(C)c1ccc(Cl)cc1NC(=O)CCCNC(=O)c1ccco1. The Labute approximate surface area is 145 Å². The number of nitrogens with zero attached hydrogens (tertiary/aromatic N) is 1. The number of anilines is 2. The van der Waals surface area contributed by atoms with Crippen molar-refractivity contribution in [3.63, 3.8) is 0 Å². The number of nitrogens with one attached hydrogen (secondary N) is 2. The minimum atomic E-state index is -0.287. The molecule has 7 heteroatoms. The lowest BCUT2D eigenvalue weighted by Gasteiger charge is -2.18. The minimum absolute atomic E-state index is 0.132. The monoisotopic (exact) mass is 349 g/mol. The Hall–Kier alpha value is -2.47. The van der Waals surface area contributed by atoms with E-state index in [4.69, 9.17) is 16.0 Å². The lowest BCUT2D eigenvalue weighted by Crippen LogP contribution is -2.25. The average molecular weight is 350 g/mol. The van der Waals surface area contributed by atoms with Crippen molar-refractivity contribution in [3.8, 4) is 0 Å². The number of amides is 2. The molecule has 6 nitrogen and oxygen atoms in total. The molecule has 0 saturated heterocycles. The second-order valence-corrected chi connectivity index (χ2v) is 5.88. The number of rotatable bonds is 7. The Balaban J connectivity index is 1.79. The Morgan fingerprint density at radius 1 is 1.25 bits per heavy atom. The summed E-state index contributed by atoms with van der Waals surface area (Å²) in [6.45, 7) is 0.392. The molecular formula is C17H20ClN3O3. The molecule has 128 valence electrons. The second kappa shape index (κ2) is 8.40. The Morgan fingerprint density at radius 3 is 2.71 bits per heavy atom. The van der Waals surface area contributed by atoms with Gasteiger partial charge in [-0.2, -0.15) is 0 Å². The van der Waals surface area contributed by atoms with E-state index in [9.17, 15) is 9.59 Å². The smallest absolute Gasteiger partial charge is 0.286 e. The number of carbonyl (C=O) groups excluding carboxylic acids is 2. The summed E-state index contributed by atoms with van der Waals surface area (Å²) in [6.07, 6.45) is 2.25. The normalized spacial score (nSPS) is 10.3.